The molecule has 0 saturated carbocycles. The van der Waals surface area contributed by atoms with Crippen molar-refractivity contribution in [2.45, 2.75) is 52.1 Å². The van der Waals surface area contributed by atoms with Gasteiger partial charge in [-0.05, 0) is 50.8 Å². The Morgan fingerprint density at radius 1 is 1.22 bits per heavy atom. The molecular weight excluding hydrogens is 356 g/mol. The summed E-state index contributed by atoms with van der Waals surface area (Å²) in [5.41, 5.74) is -2.05. The minimum atomic E-state index is -1.77. The maximum Gasteiger partial charge on any atom is 0.325 e. The van der Waals surface area contributed by atoms with Gasteiger partial charge in [0.2, 0.25) is 5.91 Å². The Balaban J connectivity index is 2.09. The highest BCUT2D eigenvalue weighted by Crippen LogP contribution is 2.31. The van der Waals surface area contributed by atoms with Crippen molar-refractivity contribution in [1.29, 1.82) is 0 Å². The lowest BCUT2D eigenvalue weighted by molar-refractivity contribution is -0.135. The van der Waals surface area contributed by atoms with Gasteiger partial charge in [0.25, 0.3) is 5.91 Å². The number of halogens is 2. The van der Waals surface area contributed by atoms with E-state index in [4.69, 9.17) is 0 Å². The molecule has 1 fully saturated rings. The number of benzene rings is 1. The van der Waals surface area contributed by atoms with E-state index in [1.807, 2.05) is 6.92 Å². The third kappa shape index (κ3) is 4.61. The molecule has 148 valence electrons. The summed E-state index contributed by atoms with van der Waals surface area (Å²) in [5.74, 6) is -2.34. The van der Waals surface area contributed by atoms with Crippen LogP contribution in [0.25, 0.3) is 0 Å². The predicted molar refractivity (Wildman–Crippen MR) is 95.6 cm³/mol. The van der Waals surface area contributed by atoms with E-state index >= 15 is 0 Å². The standard InChI is InChI=1S/C19H25F2N3O3/c1-11(2)5-6-12(3)22-16(25)10-24-17(26)19(4,23-18(24)27)14-9-13(20)7-8-15(14)21/h7-9,11-12H,5-6,10H2,1-4H3,(H,22,25)(H,23,27)/t12-,19-/m0/s1. The topological polar surface area (TPSA) is 78.5 Å². The SMILES string of the molecule is CC(C)CC[C@H](C)NC(=O)CN1C(=O)N[C@@](C)(c2cc(F)ccc2F)C1=O. The largest absolute Gasteiger partial charge is 0.352 e. The number of carbonyl (C=O) groups is 3. The first kappa shape index (κ1) is 20.8. The van der Waals surface area contributed by atoms with Crippen LogP contribution in [0.4, 0.5) is 13.6 Å². The average molecular weight is 381 g/mol. The Hall–Kier alpha value is -2.51. The zero-order valence-electron chi connectivity index (χ0n) is 15.9. The van der Waals surface area contributed by atoms with Crippen molar-refractivity contribution in [2.24, 2.45) is 5.92 Å². The molecule has 4 amide bonds. The van der Waals surface area contributed by atoms with Gasteiger partial charge in [-0.15, -0.1) is 0 Å². The van der Waals surface area contributed by atoms with Crippen molar-refractivity contribution >= 4 is 17.8 Å². The summed E-state index contributed by atoms with van der Waals surface area (Å²) in [6.07, 6.45) is 1.71. The molecule has 1 saturated heterocycles. The monoisotopic (exact) mass is 381 g/mol. The molecule has 0 unspecified atom stereocenters. The molecule has 0 radical (unpaired) electrons. The highest BCUT2D eigenvalue weighted by molar-refractivity contribution is 6.09. The fraction of sp³-hybridized carbons (Fsp3) is 0.526. The first-order valence-corrected chi connectivity index (χ1v) is 8.93. The van der Waals surface area contributed by atoms with Gasteiger partial charge < -0.3 is 10.6 Å². The highest BCUT2D eigenvalue weighted by Gasteiger charge is 2.50. The van der Waals surface area contributed by atoms with E-state index in [0.717, 1.165) is 35.9 Å². The summed E-state index contributed by atoms with van der Waals surface area (Å²) >= 11 is 0. The van der Waals surface area contributed by atoms with E-state index in [-0.39, 0.29) is 11.6 Å². The van der Waals surface area contributed by atoms with E-state index in [1.165, 1.54) is 6.92 Å². The van der Waals surface area contributed by atoms with Crippen molar-refractivity contribution in [1.82, 2.24) is 15.5 Å². The molecule has 8 heteroatoms. The van der Waals surface area contributed by atoms with E-state index in [0.29, 0.717) is 5.92 Å². The first-order valence-electron chi connectivity index (χ1n) is 8.93. The molecule has 6 nitrogen and oxygen atoms in total. The second kappa shape index (κ2) is 8.02. The molecule has 1 heterocycles. The van der Waals surface area contributed by atoms with Gasteiger partial charge in [-0.1, -0.05) is 13.8 Å². The number of urea groups is 1. The highest BCUT2D eigenvalue weighted by atomic mass is 19.1. The predicted octanol–water partition coefficient (Wildman–Crippen LogP) is 2.67. The second-order valence-corrected chi connectivity index (χ2v) is 7.51. The molecule has 1 aromatic rings. The Morgan fingerprint density at radius 3 is 2.52 bits per heavy atom. The molecule has 0 spiro atoms. The van der Waals surface area contributed by atoms with Crippen molar-refractivity contribution in [3.63, 3.8) is 0 Å². The van der Waals surface area contributed by atoms with Crippen molar-refractivity contribution in [2.75, 3.05) is 6.54 Å². The molecular formula is C19H25F2N3O3. The molecule has 1 aromatic carbocycles. The molecule has 2 rings (SSSR count). The zero-order valence-corrected chi connectivity index (χ0v) is 15.9. The number of rotatable bonds is 7. The molecule has 2 N–H and O–H groups in total. The number of imide groups is 1. The summed E-state index contributed by atoms with van der Waals surface area (Å²) in [7, 11) is 0. The van der Waals surface area contributed by atoms with Crippen molar-refractivity contribution in [3.8, 4) is 0 Å². The molecule has 0 aromatic heterocycles. The van der Waals surface area contributed by atoms with Gasteiger partial charge in [-0.2, -0.15) is 0 Å². The third-order valence-electron chi connectivity index (χ3n) is 4.63. The van der Waals surface area contributed by atoms with Crippen LogP contribution >= 0.6 is 0 Å². The lowest BCUT2D eigenvalue weighted by atomic mass is 9.91. The van der Waals surface area contributed by atoms with Crippen LogP contribution in [0.15, 0.2) is 18.2 Å². The van der Waals surface area contributed by atoms with Crippen LogP contribution in [-0.4, -0.2) is 35.3 Å². The number of amides is 4. The van der Waals surface area contributed by atoms with Crippen LogP contribution in [-0.2, 0) is 15.1 Å². The quantitative estimate of drug-likeness (QED) is 0.713. The minimum absolute atomic E-state index is 0.104. The fourth-order valence-corrected chi connectivity index (χ4v) is 3.02. The lowest BCUT2D eigenvalue weighted by Crippen LogP contribution is -2.45. The number of carbonyl (C=O) groups excluding carboxylic acids is 3. The van der Waals surface area contributed by atoms with Gasteiger partial charge in [0, 0.05) is 11.6 Å². The summed E-state index contributed by atoms with van der Waals surface area (Å²) in [6.45, 7) is 6.80. The maximum absolute atomic E-state index is 14.1. The van der Waals surface area contributed by atoms with Gasteiger partial charge in [-0.3, -0.25) is 14.5 Å². The van der Waals surface area contributed by atoms with Crippen LogP contribution in [0.3, 0.4) is 0 Å². The van der Waals surface area contributed by atoms with Crippen LogP contribution in [0.1, 0.15) is 46.1 Å². The maximum atomic E-state index is 14.1. The summed E-state index contributed by atoms with van der Waals surface area (Å²) in [5, 5.41) is 5.11. The summed E-state index contributed by atoms with van der Waals surface area (Å²) in [6, 6.07) is 1.75. The van der Waals surface area contributed by atoms with E-state index in [1.54, 1.807) is 0 Å². The van der Waals surface area contributed by atoms with Crippen molar-refractivity contribution < 1.29 is 23.2 Å². The molecule has 0 aliphatic carbocycles. The van der Waals surface area contributed by atoms with Crippen LogP contribution in [0.2, 0.25) is 0 Å². The van der Waals surface area contributed by atoms with Gasteiger partial charge >= 0.3 is 6.03 Å². The lowest BCUT2D eigenvalue weighted by Gasteiger charge is -2.23. The van der Waals surface area contributed by atoms with Gasteiger partial charge in [-0.25, -0.2) is 13.6 Å². The minimum Gasteiger partial charge on any atom is -0.352 e. The first-order chi connectivity index (χ1) is 12.5. The molecule has 0 bridgehead atoms. The normalized spacial score (nSPS) is 20.8. The van der Waals surface area contributed by atoms with Crippen LogP contribution < -0.4 is 10.6 Å². The molecule has 1 aliphatic rings. The number of nitrogens with one attached hydrogen (secondary N) is 2. The molecule has 27 heavy (non-hydrogen) atoms. The zero-order chi connectivity index (χ0) is 20.4. The Kier molecular flexibility index (Phi) is 6.18. The second-order valence-electron chi connectivity index (χ2n) is 7.51. The van der Waals surface area contributed by atoms with E-state index in [2.05, 4.69) is 24.5 Å². The average Bonchev–Trinajstić information content (AvgIpc) is 2.79. The van der Waals surface area contributed by atoms with Crippen molar-refractivity contribution in [3.05, 3.63) is 35.4 Å². The molecule has 2 atom stereocenters. The fourth-order valence-electron chi connectivity index (χ4n) is 3.02. The van der Waals surface area contributed by atoms with E-state index in [9.17, 15) is 23.2 Å². The summed E-state index contributed by atoms with van der Waals surface area (Å²) < 4.78 is 27.6. The van der Waals surface area contributed by atoms with Gasteiger partial charge in [0.05, 0.1) is 0 Å². The Bertz CT molecular complexity index is 754. The van der Waals surface area contributed by atoms with Crippen LogP contribution in [0.5, 0.6) is 0 Å². The number of hydrogen-bond acceptors (Lipinski definition) is 3. The Labute approximate surface area is 157 Å². The Morgan fingerprint density at radius 2 is 1.89 bits per heavy atom. The van der Waals surface area contributed by atoms with E-state index < -0.39 is 41.6 Å². The number of nitrogens with zero attached hydrogens (tertiary/aromatic N) is 1. The summed E-state index contributed by atoms with van der Waals surface area (Å²) in [4.78, 5) is 37.8. The number of hydrogen-bond donors (Lipinski definition) is 2. The van der Waals surface area contributed by atoms with Gasteiger partial charge in [0.1, 0.15) is 23.7 Å². The smallest absolute Gasteiger partial charge is 0.325 e. The van der Waals surface area contributed by atoms with Crippen LogP contribution in [0, 0.1) is 17.6 Å². The molecule has 1 aliphatic heterocycles. The van der Waals surface area contributed by atoms with Gasteiger partial charge in [0.15, 0.2) is 0 Å². The third-order valence-corrected chi connectivity index (χ3v) is 4.63.